The van der Waals surface area contributed by atoms with Crippen molar-refractivity contribution in [1.82, 2.24) is 4.98 Å². The highest BCUT2D eigenvalue weighted by Gasteiger charge is 2.25. The van der Waals surface area contributed by atoms with Gasteiger partial charge in [-0.1, -0.05) is 48.0 Å². The van der Waals surface area contributed by atoms with Gasteiger partial charge in [0.2, 0.25) is 0 Å². The molecule has 4 nitrogen and oxygen atoms in total. The van der Waals surface area contributed by atoms with Crippen molar-refractivity contribution in [3.8, 4) is 5.75 Å². The first-order valence-corrected chi connectivity index (χ1v) is 9.27. The zero-order valence-electron chi connectivity index (χ0n) is 15.8. The van der Waals surface area contributed by atoms with Gasteiger partial charge in [0.1, 0.15) is 11.3 Å². The lowest BCUT2D eigenvalue weighted by molar-refractivity contribution is 0.450. The highest BCUT2D eigenvalue weighted by molar-refractivity contribution is 5.84. The molecule has 0 amide bonds. The minimum atomic E-state index is -0.518. The number of aryl methyl sites for hydroxylation is 2. The van der Waals surface area contributed by atoms with E-state index in [0.29, 0.717) is 17.4 Å². The third kappa shape index (κ3) is 3.41. The van der Waals surface area contributed by atoms with E-state index in [0.717, 1.165) is 22.5 Å². The quantitative estimate of drug-likeness (QED) is 0.519. The number of fused-ring (bicyclic) bond motifs is 1. The molecule has 140 valence electrons. The highest BCUT2D eigenvalue weighted by Crippen LogP contribution is 2.36. The average Bonchev–Trinajstić information content (AvgIpc) is 2.67. The van der Waals surface area contributed by atoms with Crippen molar-refractivity contribution >= 4 is 11.0 Å². The van der Waals surface area contributed by atoms with Crippen molar-refractivity contribution < 1.29 is 9.52 Å². The fourth-order valence-corrected chi connectivity index (χ4v) is 3.65. The maximum absolute atomic E-state index is 12.9. The van der Waals surface area contributed by atoms with E-state index in [1.165, 1.54) is 0 Å². The van der Waals surface area contributed by atoms with Crippen LogP contribution in [0.2, 0.25) is 0 Å². The topological polar surface area (TPSA) is 63.3 Å². The zero-order chi connectivity index (χ0) is 19.7. The highest BCUT2D eigenvalue weighted by atomic mass is 16.4. The van der Waals surface area contributed by atoms with Gasteiger partial charge >= 0.3 is 5.63 Å². The van der Waals surface area contributed by atoms with Crippen molar-refractivity contribution in [3.63, 3.8) is 0 Å². The van der Waals surface area contributed by atoms with Crippen LogP contribution in [0.1, 0.15) is 34.0 Å². The minimum Gasteiger partial charge on any atom is -0.507 e. The zero-order valence-corrected chi connectivity index (χ0v) is 15.8. The number of pyridine rings is 1. The number of aromatic nitrogens is 1. The fraction of sp³-hybridized carbons (Fsp3) is 0.167. The molecule has 4 aromatic rings. The van der Waals surface area contributed by atoms with Crippen LogP contribution in [0.15, 0.2) is 75.9 Å². The van der Waals surface area contributed by atoms with E-state index in [-0.39, 0.29) is 17.2 Å². The van der Waals surface area contributed by atoms with Gasteiger partial charge in [0.05, 0.1) is 10.9 Å². The molecule has 4 rings (SSSR count). The smallest absolute Gasteiger partial charge is 0.343 e. The molecule has 0 saturated heterocycles. The molecule has 28 heavy (non-hydrogen) atoms. The number of aromatic hydroxyl groups is 1. The molecular formula is C24H21NO3. The number of nitrogens with zero attached hydrogens (tertiary/aromatic N) is 1. The van der Waals surface area contributed by atoms with Gasteiger partial charge in [-0.2, -0.15) is 0 Å². The van der Waals surface area contributed by atoms with Gasteiger partial charge < -0.3 is 9.52 Å². The Morgan fingerprint density at radius 2 is 1.79 bits per heavy atom. The predicted octanol–water partition coefficient (Wildman–Crippen LogP) is 4.89. The van der Waals surface area contributed by atoms with Gasteiger partial charge in [-0.05, 0) is 43.7 Å². The number of hydrogen-bond acceptors (Lipinski definition) is 4. The SMILES string of the molecule is Cc1cccc(C(Cc2cccc(C)n2)c2c(O)c3ccccc3oc2=O)c1. The van der Waals surface area contributed by atoms with Crippen molar-refractivity contribution in [3.05, 3.63) is 105 Å². The van der Waals surface area contributed by atoms with Crippen LogP contribution in [0.5, 0.6) is 5.75 Å². The van der Waals surface area contributed by atoms with E-state index in [4.69, 9.17) is 4.42 Å². The van der Waals surface area contributed by atoms with E-state index in [9.17, 15) is 9.90 Å². The monoisotopic (exact) mass is 371 g/mol. The van der Waals surface area contributed by atoms with Crippen LogP contribution < -0.4 is 5.63 Å². The fourth-order valence-electron chi connectivity index (χ4n) is 3.65. The molecule has 0 aliphatic carbocycles. The Bertz CT molecular complexity index is 1210. The number of para-hydroxylation sites is 1. The molecule has 2 aromatic heterocycles. The normalized spacial score (nSPS) is 12.2. The Morgan fingerprint density at radius 3 is 2.57 bits per heavy atom. The van der Waals surface area contributed by atoms with Crippen LogP contribution in [0.25, 0.3) is 11.0 Å². The van der Waals surface area contributed by atoms with Crippen molar-refractivity contribution in [2.45, 2.75) is 26.2 Å². The van der Waals surface area contributed by atoms with E-state index >= 15 is 0 Å². The molecule has 2 heterocycles. The molecular weight excluding hydrogens is 350 g/mol. The second kappa shape index (κ2) is 7.31. The Kier molecular flexibility index (Phi) is 4.70. The lowest BCUT2D eigenvalue weighted by Gasteiger charge is -2.19. The first kappa shape index (κ1) is 18.0. The number of benzene rings is 2. The number of rotatable bonds is 4. The summed E-state index contributed by atoms with van der Waals surface area (Å²) < 4.78 is 5.53. The van der Waals surface area contributed by atoms with E-state index in [1.807, 2.05) is 62.4 Å². The minimum absolute atomic E-state index is 0.0222. The van der Waals surface area contributed by atoms with Gasteiger partial charge in [-0.25, -0.2) is 4.79 Å². The standard InChI is InChI=1S/C24H21NO3/c1-15-7-5-9-17(13-15)20(14-18-10-6-8-16(2)25-18)22-23(26)19-11-3-4-12-21(19)28-24(22)27/h3-13,20,26H,14H2,1-2H3. The Labute approximate surface area is 163 Å². The first-order chi connectivity index (χ1) is 13.5. The van der Waals surface area contributed by atoms with Crippen molar-refractivity contribution in [2.24, 2.45) is 0 Å². The van der Waals surface area contributed by atoms with Gasteiger partial charge in [0, 0.05) is 23.7 Å². The maximum Gasteiger partial charge on any atom is 0.343 e. The molecule has 0 bridgehead atoms. The van der Waals surface area contributed by atoms with Crippen LogP contribution in [0.4, 0.5) is 0 Å². The molecule has 0 saturated carbocycles. The summed E-state index contributed by atoms with van der Waals surface area (Å²) in [5, 5.41) is 11.5. The van der Waals surface area contributed by atoms with Gasteiger partial charge in [-0.3, -0.25) is 4.98 Å². The van der Waals surface area contributed by atoms with Crippen LogP contribution in [-0.4, -0.2) is 10.1 Å². The molecule has 2 aromatic carbocycles. The first-order valence-electron chi connectivity index (χ1n) is 9.27. The summed E-state index contributed by atoms with van der Waals surface area (Å²) in [5.74, 6) is -0.388. The predicted molar refractivity (Wildman–Crippen MR) is 110 cm³/mol. The van der Waals surface area contributed by atoms with Gasteiger partial charge in [0.15, 0.2) is 0 Å². The van der Waals surface area contributed by atoms with E-state index < -0.39 is 5.63 Å². The lowest BCUT2D eigenvalue weighted by Crippen LogP contribution is -2.17. The molecule has 1 atom stereocenters. The van der Waals surface area contributed by atoms with Crippen LogP contribution in [-0.2, 0) is 6.42 Å². The third-order valence-corrected chi connectivity index (χ3v) is 4.97. The molecule has 0 spiro atoms. The van der Waals surface area contributed by atoms with Crippen molar-refractivity contribution in [1.29, 1.82) is 0 Å². The third-order valence-electron chi connectivity index (χ3n) is 4.97. The molecule has 1 unspecified atom stereocenters. The summed E-state index contributed by atoms with van der Waals surface area (Å²) in [6.07, 6.45) is 0.488. The molecule has 0 aliphatic rings. The summed E-state index contributed by atoms with van der Waals surface area (Å²) in [5.41, 5.74) is 3.94. The molecule has 0 radical (unpaired) electrons. The second-order valence-electron chi connectivity index (χ2n) is 7.09. The van der Waals surface area contributed by atoms with Crippen LogP contribution in [0, 0.1) is 13.8 Å². The van der Waals surface area contributed by atoms with Crippen LogP contribution in [0.3, 0.4) is 0 Å². The number of hydrogen-bond donors (Lipinski definition) is 1. The largest absolute Gasteiger partial charge is 0.507 e. The summed E-state index contributed by atoms with van der Waals surface area (Å²) in [6, 6.07) is 20.8. The Hall–Kier alpha value is -3.40. The summed E-state index contributed by atoms with van der Waals surface area (Å²) in [4.78, 5) is 17.5. The van der Waals surface area contributed by atoms with Crippen molar-refractivity contribution in [2.75, 3.05) is 0 Å². The Morgan fingerprint density at radius 1 is 1.00 bits per heavy atom. The lowest BCUT2D eigenvalue weighted by atomic mass is 9.86. The Balaban J connectivity index is 1.93. The molecule has 1 N–H and O–H groups in total. The van der Waals surface area contributed by atoms with Crippen LogP contribution >= 0.6 is 0 Å². The average molecular weight is 371 g/mol. The summed E-state index contributed by atoms with van der Waals surface area (Å²) in [7, 11) is 0. The van der Waals surface area contributed by atoms with E-state index in [2.05, 4.69) is 4.98 Å². The maximum atomic E-state index is 12.9. The second-order valence-corrected chi connectivity index (χ2v) is 7.09. The van der Waals surface area contributed by atoms with Gasteiger partial charge in [-0.15, -0.1) is 0 Å². The molecule has 4 heteroatoms. The summed E-state index contributed by atoms with van der Waals surface area (Å²) >= 11 is 0. The van der Waals surface area contributed by atoms with Gasteiger partial charge in [0.25, 0.3) is 0 Å². The van der Waals surface area contributed by atoms with E-state index in [1.54, 1.807) is 18.2 Å². The molecule has 0 fully saturated rings. The summed E-state index contributed by atoms with van der Waals surface area (Å²) in [6.45, 7) is 3.95. The molecule has 0 aliphatic heterocycles.